The van der Waals surface area contributed by atoms with Crippen LogP contribution in [0.1, 0.15) is 33.1 Å². The van der Waals surface area contributed by atoms with Gasteiger partial charge >= 0.3 is 11.9 Å². The molecule has 12 nitrogen and oxygen atoms in total. The van der Waals surface area contributed by atoms with Crippen molar-refractivity contribution in [2.24, 2.45) is 11.7 Å². The molecular formula is C18H32N4O8S. The lowest BCUT2D eigenvalue weighted by Gasteiger charge is -2.27. The van der Waals surface area contributed by atoms with Crippen LogP contribution in [0.2, 0.25) is 0 Å². The van der Waals surface area contributed by atoms with Gasteiger partial charge in [-0.25, -0.2) is 4.79 Å². The lowest BCUT2D eigenvalue weighted by atomic mass is 9.97. The summed E-state index contributed by atoms with van der Waals surface area (Å²) in [6, 6.07) is -5.21. The maximum atomic E-state index is 12.8. The van der Waals surface area contributed by atoms with Gasteiger partial charge in [0.25, 0.3) is 0 Å². The fourth-order valence-electron chi connectivity index (χ4n) is 2.44. The van der Waals surface area contributed by atoms with E-state index in [2.05, 4.69) is 10.6 Å². The minimum absolute atomic E-state index is 0.366. The van der Waals surface area contributed by atoms with Crippen molar-refractivity contribution in [1.82, 2.24) is 16.0 Å². The molecule has 0 heterocycles. The first-order valence-corrected chi connectivity index (χ1v) is 11.1. The number of thioether (sulfide) groups is 1. The van der Waals surface area contributed by atoms with Gasteiger partial charge in [0, 0.05) is 0 Å². The molecule has 0 saturated carbocycles. The van der Waals surface area contributed by atoms with Gasteiger partial charge in [0.15, 0.2) is 0 Å². The second-order valence-electron chi connectivity index (χ2n) is 7.00. The van der Waals surface area contributed by atoms with Gasteiger partial charge in [-0.05, 0) is 24.3 Å². The molecule has 13 heteroatoms. The van der Waals surface area contributed by atoms with Crippen molar-refractivity contribution in [2.45, 2.75) is 57.3 Å². The first-order valence-electron chi connectivity index (χ1n) is 9.69. The van der Waals surface area contributed by atoms with E-state index < -0.39 is 66.9 Å². The van der Waals surface area contributed by atoms with Crippen molar-refractivity contribution in [3.63, 3.8) is 0 Å². The first kappa shape index (κ1) is 28.6. The number of hydrogen-bond donors (Lipinski definition) is 7. The van der Waals surface area contributed by atoms with Gasteiger partial charge in [-0.15, -0.1) is 0 Å². The fraction of sp³-hybridized carbons (Fsp3) is 0.722. The maximum Gasteiger partial charge on any atom is 0.328 e. The van der Waals surface area contributed by atoms with Crippen molar-refractivity contribution in [2.75, 3.05) is 18.6 Å². The lowest BCUT2D eigenvalue weighted by molar-refractivity contribution is -0.144. The molecule has 0 spiro atoms. The quantitative estimate of drug-likeness (QED) is 0.143. The van der Waals surface area contributed by atoms with Crippen molar-refractivity contribution >= 4 is 41.4 Å². The Morgan fingerprint density at radius 2 is 1.55 bits per heavy atom. The number of carbonyl (C=O) groups is 5. The van der Waals surface area contributed by atoms with Crippen LogP contribution in [0.3, 0.4) is 0 Å². The molecule has 0 aliphatic carbocycles. The van der Waals surface area contributed by atoms with Crippen LogP contribution >= 0.6 is 11.8 Å². The van der Waals surface area contributed by atoms with Crippen molar-refractivity contribution in [3.8, 4) is 0 Å². The molecule has 0 fully saturated rings. The van der Waals surface area contributed by atoms with Gasteiger partial charge < -0.3 is 37.0 Å². The van der Waals surface area contributed by atoms with Gasteiger partial charge in [-0.1, -0.05) is 20.3 Å². The lowest BCUT2D eigenvalue weighted by Crippen LogP contribution is -2.59. The van der Waals surface area contributed by atoms with Crippen molar-refractivity contribution < 1.29 is 39.3 Å². The topological polar surface area (TPSA) is 208 Å². The number of aliphatic hydroxyl groups is 1. The zero-order chi connectivity index (χ0) is 24.1. The Morgan fingerprint density at radius 1 is 0.968 bits per heavy atom. The Labute approximate surface area is 184 Å². The van der Waals surface area contributed by atoms with E-state index in [9.17, 15) is 24.0 Å². The zero-order valence-electron chi connectivity index (χ0n) is 17.8. The highest BCUT2D eigenvalue weighted by molar-refractivity contribution is 7.98. The van der Waals surface area contributed by atoms with Crippen LogP contribution in [0.25, 0.3) is 0 Å². The number of hydrogen-bond acceptors (Lipinski definition) is 8. The molecule has 3 amide bonds. The molecule has 0 aliphatic rings. The average molecular weight is 465 g/mol. The number of aliphatic carboxylic acids is 2. The number of carboxylic acid groups (broad SMARTS) is 2. The summed E-state index contributed by atoms with van der Waals surface area (Å²) in [6.45, 7) is 2.55. The number of nitrogens with one attached hydrogen (secondary N) is 3. The molecule has 178 valence electrons. The highest BCUT2D eigenvalue weighted by Crippen LogP contribution is 2.10. The van der Waals surface area contributed by atoms with Crippen LogP contribution in [0.15, 0.2) is 0 Å². The summed E-state index contributed by atoms with van der Waals surface area (Å²) in [7, 11) is 0. The summed E-state index contributed by atoms with van der Waals surface area (Å²) in [5, 5.41) is 33.8. The number of nitrogens with two attached hydrogens (primary N) is 1. The molecular weight excluding hydrogens is 432 g/mol. The highest BCUT2D eigenvalue weighted by atomic mass is 32.2. The number of amides is 3. The molecule has 0 bridgehead atoms. The molecule has 0 saturated heterocycles. The second kappa shape index (κ2) is 14.6. The third-order valence-electron chi connectivity index (χ3n) is 4.57. The third kappa shape index (κ3) is 10.5. The fourth-order valence-corrected chi connectivity index (χ4v) is 2.93. The monoisotopic (exact) mass is 464 g/mol. The van der Waals surface area contributed by atoms with E-state index in [0.717, 1.165) is 0 Å². The number of aliphatic hydroxyl groups excluding tert-OH is 1. The summed E-state index contributed by atoms with van der Waals surface area (Å²) in [4.78, 5) is 59.6. The first-order chi connectivity index (χ1) is 14.5. The van der Waals surface area contributed by atoms with Crippen LogP contribution in [-0.4, -0.2) is 87.8 Å². The van der Waals surface area contributed by atoms with E-state index in [0.29, 0.717) is 18.6 Å². The zero-order valence-corrected chi connectivity index (χ0v) is 18.6. The van der Waals surface area contributed by atoms with Gasteiger partial charge in [0.05, 0.1) is 19.1 Å². The Kier molecular flexibility index (Phi) is 13.5. The van der Waals surface area contributed by atoms with Crippen molar-refractivity contribution in [1.29, 1.82) is 0 Å². The predicted molar refractivity (Wildman–Crippen MR) is 113 cm³/mol. The third-order valence-corrected chi connectivity index (χ3v) is 5.22. The molecule has 0 aromatic heterocycles. The average Bonchev–Trinajstić information content (AvgIpc) is 2.71. The maximum absolute atomic E-state index is 12.8. The van der Waals surface area contributed by atoms with Gasteiger partial charge in [0.2, 0.25) is 17.7 Å². The van der Waals surface area contributed by atoms with Crippen LogP contribution < -0.4 is 21.7 Å². The number of carbonyl (C=O) groups excluding carboxylic acids is 3. The smallest absolute Gasteiger partial charge is 0.328 e. The van der Waals surface area contributed by atoms with E-state index in [4.69, 9.17) is 21.1 Å². The normalized spacial score (nSPS) is 15.6. The molecule has 0 radical (unpaired) electrons. The van der Waals surface area contributed by atoms with E-state index in [1.165, 1.54) is 11.8 Å². The molecule has 8 N–H and O–H groups in total. The Balaban J connectivity index is 5.44. The van der Waals surface area contributed by atoms with Gasteiger partial charge in [0.1, 0.15) is 18.1 Å². The summed E-state index contributed by atoms with van der Waals surface area (Å²) >= 11 is 1.51. The summed E-state index contributed by atoms with van der Waals surface area (Å²) in [6.07, 6.45) is 1.91. The SMILES string of the molecule is CCC(C)C(NC(=O)C(N)CCSC)C(=O)NC(CC(=O)O)C(=O)NC(CO)C(=O)O. The predicted octanol–water partition coefficient (Wildman–Crippen LogP) is -1.88. The van der Waals surface area contributed by atoms with Crippen molar-refractivity contribution in [3.05, 3.63) is 0 Å². The number of rotatable bonds is 15. The molecule has 0 aliphatic heterocycles. The van der Waals surface area contributed by atoms with Gasteiger partial charge in [-0.3, -0.25) is 19.2 Å². The molecule has 0 rings (SSSR count). The Bertz CT molecular complexity index is 648. The molecule has 31 heavy (non-hydrogen) atoms. The minimum Gasteiger partial charge on any atom is -0.481 e. The van der Waals surface area contributed by atoms with Crippen LogP contribution in [0, 0.1) is 5.92 Å². The highest BCUT2D eigenvalue weighted by Gasteiger charge is 2.33. The van der Waals surface area contributed by atoms with Crippen LogP contribution in [-0.2, 0) is 24.0 Å². The van der Waals surface area contributed by atoms with E-state index >= 15 is 0 Å². The van der Waals surface area contributed by atoms with E-state index in [-0.39, 0.29) is 5.92 Å². The summed E-state index contributed by atoms with van der Waals surface area (Å²) < 4.78 is 0. The molecule has 0 aromatic rings. The van der Waals surface area contributed by atoms with Crippen LogP contribution in [0.4, 0.5) is 0 Å². The van der Waals surface area contributed by atoms with Gasteiger partial charge in [-0.2, -0.15) is 11.8 Å². The van der Waals surface area contributed by atoms with E-state index in [1.807, 2.05) is 11.6 Å². The van der Waals surface area contributed by atoms with Crippen LogP contribution in [0.5, 0.6) is 0 Å². The summed E-state index contributed by atoms with van der Waals surface area (Å²) in [5.41, 5.74) is 5.83. The largest absolute Gasteiger partial charge is 0.481 e. The summed E-state index contributed by atoms with van der Waals surface area (Å²) in [5.74, 6) is -5.13. The Hall–Kier alpha value is -2.38. The number of carboxylic acids is 2. The molecule has 5 unspecified atom stereocenters. The molecule has 0 aromatic carbocycles. The van der Waals surface area contributed by atoms with E-state index in [1.54, 1.807) is 13.8 Å². The standard InChI is InChI=1S/C18H32N4O8S/c1-4-9(2)14(22-15(26)10(19)5-6-31-3)17(28)20-11(7-13(24)25)16(27)21-12(8-23)18(29)30/h9-12,14,23H,4-8,19H2,1-3H3,(H,20,28)(H,21,27)(H,22,26)(H,24,25)(H,29,30). The minimum atomic E-state index is -1.67. The molecule has 5 atom stereocenters. The second-order valence-corrected chi connectivity index (χ2v) is 7.99. The Morgan fingerprint density at radius 3 is 2.00 bits per heavy atom.